The maximum Gasteiger partial charge on any atom is 0.508 e. The molecule has 3 aromatic rings. The minimum Gasteiger partial charge on any atom is -1.00 e. The number of para-hydroxylation sites is 2. The summed E-state index contributed by atoms with van der Waals surface area (Å²) in [4.78, 5) is 15.1. The molecule has 0 radical (unpaired) electrons. The molecule has 1 aromatic heterocycles. The molecule has 0 aliphatic rings. The highest BCUT2D eigenvalue weighted by molar-refractivity contribution is 5.94. The summed E-state index contributed by atoms with van der Waals surface area (Å²) in [6.45, 7) is 5.97. The fraction of sp³-hybridized carbons (Fsp3) is 0.143. The summed E-state index contributed by atoms with van der Waals surface area (Å²) in [5.74, 6) is 0. The SMILES string of the molecule is Cc1cc(C)[n+](C(=O)N(c2ccccc2)c2ccccc2)c(C)c1.[Cl-]. The Balaban J connectivity index is 0.00000225. The molecule has 2 aromatic carbocycles. The van der Waals surface area contributed by atoms with Gasteiger partial charge in [0.05, 0.1) is 0 Å². The Morgan fingerprint density at radius 1 is 0.760 bits per heavy atom. The van der Waals surface area contributed by atoms with Crippen molar-refractivity contribution in [3.8, 4) is 0 Å². The molecule has 3 rings (SSSR count). The van der Waals surface area contributed by atoms with Crippen LogP contribution in [0.15, 0.2) is 72.8 Å². The van der Waals surface area contributed by atoms with Gasteiger partial charge in [-0.25, -0.2) is 0 Å². The van der Waals surface area contributed by atoms with Crippen LogP contribution in [0.1, 0.15) is 17.0 Å². The average Bonchev–Trinajstić information content (AvgIpc) is 2.56. The van der Waals surface area contributed by atoms with Crippen LogP contribution in [0, 0.1) is 20.8 Å². The zero-order valence-electron chi connectivity index (χ0n) is 14.6. The molecular formula is C21H21ClN2O. The van der Waals surface area contributed by atoms with Crippen LogP contribution in [0.2, 0.25) is 0 Å². The zero-order chi connectivity index (χ0) is 17.1. The minimum absolute atomic E-state index is 0. The van der Waals surface area contributed by atoms with Crippen molar-refractivity contribution in [2.45, 2.75) is 20.8 Å². The molecule has 0 bridgehead atoms. The van der Waals surface area contributed by atoms with Crippen LogP contribution in [0.4, 0.5) is 16.2 Å². The summed E-state index contributed by atoms with van der Waals surface area (Å²) in [6.07, 6.45) is 0. The van der Waals surface area contributed by atoms with Gasteiger partial charge in [0, 0.05) is 0 Å². The average molecular weight is 353 g/mol. The second kappa shape index (κ2) is 7.95. The van der Waals surface area contributed by atoms with Gasteiger partial charge in [-0.1, -0.05) is 36.4 Å². The number of hydrogen-bond donors (Lipinski definition) is 0. The highest BCUT2D eigenvalue weighted by Gasteiger charge is 2.31. The first-order chi connectivity index (χ1) is 11.6. The van der Waals surface area contributed by atoms with E-state index >= 15 is 0 Å². The molecule has 0 aliphatic carbocycles. The Bertz CT molecular complexity index is 801. The molecule has 128 valence electrons. The van der Waals surface area contributed by atoms with E-state index in [1.54, 1.807) is 9.47 Å². The van der Waals surface area contributed by atoms with Crippen molar-refractivity contribution in [3.63, 3.8) is 0 Å². The van der Waals surface area contributed by atoms with Gasteiger partial charge in [0.1, 0.15) is 22.8 Å². The van der Waals surface area contributed by atoms with E-state index in [9.17, 15) is 4.79 Å². The number of halogens is 1. The number of hydrogen-bond acceptors (Lipinski definition) is 1. The maximum absolute atomic E-state index is 13.4. The molecule has 1 heterocycles. The monoisotopic (exact) mass is 352 g/mol. The van der Waals surface area contributed by atoms with Gasteiger partial charge >= 0.3 is 6.03 Å². The number of benzene rings is 2. The van der Waals surface area contributed by atoms with Gasteiger partial charge in [-0.05, 0) is 62.7 Å². The number of carbonyl (C=O) groups excluding carboxylic acids is 1. The van der Waals surface area contributed by atoms with Gasteiger partial charge in [-0.2, -0.15) is 14.3 Å². The summed E-state index contributed by atoms with van der Waals surface area (Å²) in [6, 6.07) is 23.4. The first kappa shape index (κ1) is 18.7. The van der Waals surface area contributed by atoms with Gasteiger partial charge in [-0.15, -0.1) is 0 Å². The van der Waals surface area contributed by atoms with Crippen molar-refractivity contribution in [1.29, 1.82) is 0 Å². The van der Waals surface area contributed by atoms with Crippen molar-refractivity contribution >= 4 is 17.4 Å². The normalized spacial score (nSPS) is 10.0. The van der Waals surface area contributed by atoms with Crippen LogP contribution in [-0.4, -0.2) is 6.03 Å². The summed E-state index contributed by atoms with van der Waals surface area (Å²) in [5, 5.41) is 0. The summed E-state index contributed by atoms with van der Waals surface area (Å²) < 4.78 is 1.76. The van der Waals surface area contributed by atoms with Crippen LogP contribution in [-0.2, 0) is 0 Å². The second-order valence-electron chi connectivity index (χ2n) is 5.94. The maximum atomic E-state index is 13.4. The van der Waals surface area contributed by atoms with Crippen LogP contribution in [0.25, 0.3) is 0 Å². The summed E-state index contributed by atoms with van der Waals surface area (Å²) in [7, 11) is 0. The van der Waals surface area contributed by atoms with Crippen LogP contribution >= 0.6 is 0 Å². The second-order valence-corrected chi connectivity index (χ2v) is 5.94. The first-order valence-corrected chi connectivity index (χ1v) is 8.02. The highest BCUT2D eigenvalue weighted by atomic mass is 35.5. The van der Waals surface area contributed by atoms with Crippen molar-refractivity contribution in [2.24, 2.45) is 0 Å². The Hall–Kier alpha value is -2.65. The number of rotatable bonds is 2. The first-order valence-electron chi connectivity index (χ1n) is 8.02. The quantitative estimate of drug-likeness (QED) is 0.644. The number of aromatic nitrogens is 1. The third-order valence-electron chi connectivity index (χ3n) is 3.99. The number of carbonyl (C=O) groups is 1. The highest BCUT2D eigenvalue weighted by Crippen LogP contribution is 2.25. The molecule has 25 heavy (non-hydrogen) atoms. The molecular weight excluding hydrogens is 332 g/mol. The molecule has 0 aliphatic heterocycles. The van der Waals surface area contributed by atoms with E-state index in [1.165, 1.54) is 0 Å². The number of aryl methyl sites for hydroxylation is 3. The van der Waals surface area contributed by atoms with E-state index in [4.69, 9.17) is 0 Å². The van der Waals surface area contributed by atoms with E-state index in [1.807, 2.05) is 93.6 Å². The number of amides is 1. The summed E-state index contributed by atoms with van der Waals surface area (Å²) in [5.41, 5.74) is 4.70. The number of anilines is 2. The van der Waals surface area contributed by atoms with Gasteiger partial charge in [-0.3, -0.25) is 0 Å². The van der Waals surface area contributed by atoms with Gasteiger partial charge in [0.2, 0.25) is 0 Å². The third kappa shape index (κ3) is 3.89. The molecule has 4 heteroatoms. The van der Waals surface area contributed by atoms with Crippen LogP contribution < -0.4 is 21.9 Å². The molecule has 0 N–H and O–H groups in total. The molecule has 0 saturated heterocycles. The van der Waals surface area contributed by atoms with Gasteiger partial charge < -0.3 is 12.4 Å². The smallest absolute Gasteiger partial charge is 0.508 e. The predicted octanol–water partition coefficient (Wildman–Crippen LogP) is 1.71. The van der Waals surface area contributed by atoms with E-state index < -0.39 is 0 Å². The fourth-order valence-corrected chi connectivity index (χ4v) is 3.03. The lowest BCUT2D eigenvalue weighted by Crippen LogP contribution is -3.00. The van der Waals surface area contributed by atoms with Crippen molar-refractivity contribution in [2.75, 3.05) is 4.90 Å². The molecule has 0 spiro atoms. The lowest BCUT2D eigenvalue weighted by molar-refractivity contribution is -0.583. The van der Waals surface area contributed by atoms with Gasteiger partial charge in [0.15, 0.2) is 0 Å². The topological polar surface area (TPSA) is 24.2 Å². The minimum atomic E-state index is -0.0811. The molecule has 0 unspecified atom stereocenters. The zero-order valence-corrected chi connectivity index (χ0v) is 15.4. The number of nitrogens with zero attached hydrogens (tertiary/aromatic N) is 2. The molecule has 0 saturated carbocycles. The summed E-state index contributed by atoms with van der Waals surface area (Å²) >= 11 is 0. The fourth-order valence-electron chi connectivity index (χ4n) is 3.03. The Labute approximate surface area is 155 Å². The molecule has 3 nitrogen and oxygen atoms in total. The standard InChI is InChI=1S/C21H21N2O.ClH/c1-16-14-17(2)22(18(3)15-16)21(24)23(19-10-6-4-7-11-19)20-12-8-5-9-13-20;/h4-15H,1-3H3;1H/q+1;/p-1. The Morgan fingerprint density at radius 2 is 1.16 bits per heavy atom. The lowest BCUT2D eigenvalue weighted by atomic mass is 10.2. The predicted molar refractivity (Wildman–Crippen MR) is 96.7 cm³/mol. The lowest BCUT2D eigenvalue weighted by Gasteiger charge is -2.17. The van der Waals surface area contributed by atoms with Gasteiger partial charge in [0.25, 0.3) is 0 Å². The van der Waals surface area contributed by atoms with E-state index in [2.05, 4.69) is 0 Å². The van der Waals surface area contributed by atoms with E-state index in [0.29, 0.717) is 0 Å². The molecule has 0 atom stereocenters. The number of pyridine rings is 1. The van der Waals surface area contributed by atoms with Crippen molar-refractivity contribution < 1.29 is 21.8 Å². The van der Waals surface area contributed by atoms with Crippen molar-refractivity contribution in [3.05, 3.63) is 89.7 Å². The van der Waals surface area contributed by atoms with E-state index in [0.717, 1.165) is 28.3 Å². The Kier molecular flexibility index (Phi) is 5.94. The Morgan fingerprint density at radius 3 is 1.56 bits per heavy atom. The van der Waals surface area contributed by atoms with E-state index in [-0.39, 0.29) is 18.4 Å². The van der Waals surface area contributed by atoms with Crippen LogP contribution in [0.5, 0.6) is 0 Å². The van der Waals surface area contributed by atoms with Crippen LogP contribution in [0.3, 0.4) is 0 Å². The largest absolute Gasteiger partial charge is 1.00 e. The molecule has 1 amide bonds. The molecule has 0 fully saturated rings. The third-order valence-corrected chi connectivity index (χ3v) is 3.99. The van der Waals surface area contributed by atoms with Crippen molar-refractivity contribution in [1.82, 2.24) is 0 Å².